The lowest BCUT2D eigenvalue weighted by Gasteiger charge is -2.10. The second-order valence-electron chi connectivity index (χ2n) is 5.49. The van der Waals surface area contributed by atoms with Gasteiger partial charge in [0.25, 0.3) is 0 Å². The summed E-state index contributed by atoms with van der Waals surface area (Å²) in [7, 11) is 0. The Morgan fingerprint density at radius 2 is 2.08 bits per heavy atom. The van der Waals surface area contributed by atoms with E-state index in [-0.39, 0.29) is 12.0 Å². The third-order valence-corrected chi connectivity index (χ3v) is 4.85. The molecule has 1 amide bonds. The summed E-state index contributed by atoms with van der Waals surface area (Å²) in [6.07, 6.45) is 2.26. The number of benzene rings is 1. The van der Waals surface area contributed by atoms with E-state index in [1.165, 1.54) is 11.8 Å². The van der Waals surface area contributed by atoms with Crippen molar-refractivity contribution >= 4 is 29.3 Å². The van der Waals surface area contributed by atoms with Gasteiger partial charge in [0.05, 0.1) is 17.6 Å². The summed E-state index contributed by atoms with van der Waals surface area (Å²) in [5.74, 6) is 0.306. The molecule has 7 heteroatoms. The molecule has 0 spiro atoms. The molecule has 126 valence electrons. The van der Waals surface area contributed by atoms with Crippen molar-refractivity contribution in [3.63, 3.8) is 0 Å². The van der Waals surface area contributed by atoms with Crippen molar-refractivity contribution in [1.82, 2.24) is 15.5 Å². The molecule has 1 aromatic heterocycles. The molecular weight excluding hydrogens is 346 g/mol. The van der Waals surface area contributed by atoms with Gasteiger partial charge in [0.2, 0.25) is 5.91 Å². The molecule has 1 unspecified atom stereocenters. The van der Waals surface area contributed by atoms with Crippen LogP contribution in [0.15, 0.2) is 41.4 Å². The summed E-state index contributed by atoms with van der Waals surface area (Å²) in [4.78, 5) is 11.8. The number of amides is 1. The Morgan fingerprint density at radius 3 is 2.75 bits per heavy atom. The Hall–Kier alpha value is -1.63. The number of nitrogens with one attached hydrogen (secondary N) is 1. The van der Waals surface area contributed by atoms with Crippen LogP contribution in [0.5, 0.6) is 0 Å². The van der Waals surface area contributed by atoms with Crippen molar-refractivity contribution in [2.24, 2.45) is 0 Å². The normalized spacial score (nSPS) is 17.0. The molecule has 5 nitrogen and oxygen atoms in total. The number of carbonyl (C=O) groups excluding carboxylic acids is 1. The first kappa shape index (κ1) is 17.2. The Kier molecular flexibility index (Phi) is 6.07. The number of thioether (sulfide) groups is 1. The van der Waals surface area contributed by atoms with E-state index in [9.17, 15) is 4.79 Å². The second-order valence-corrected chi connectivity index (χ2v) is 6.92. The van der Waals surface area contributed by atoms with Gasteiger partial charge >= 0.3 is 0 Å². The van der Waals surface area contributed by atoms with Crippen LogP contribution < -0.4 is 5.32 Å². The van der Waals surface area contributed by atoms with Crippen LogP contribution in [0.2, 0.25) is 5.02 Å². The minimum atomic E-state index is -0.0147. The Labute approximate surface area is 150 Å². The van der Waals surface area contributed by atoms with Gasteiger partial charge < -0.3 is 10.1 Å². The fourth-order valence-electron chi connectivity index (χ4n) is 2.40. The standard InChI is InChI=1S/C17H18ClN3O2S/c18-13-5-3-12(4-6-13)15-7-8-17(21-20-15)24-11-16(22)19-10-14-2-1-9-23-14/h3-8,14H,1-2,9-11H2,(H,19,22). The Morgan fingerprint density at radius 1 is 1.25 bits per heavy atom. The maximum atomic E-state index is 11.8. The van der Waals surface area contributed by atoms with Crippen LogP contribution in [-0.2, 0) is 9.53 Å². The number of nitrogens with zero attached hydrogens (tertiary/aromatic N) is 2. The molecule has 0 aliphatic carbocycles. The molecule has 2 aromatic rings. The van der Waals surface area contributed by atoms with Crippen molar-refractivity contribution in [2.45, 2.75) is 24.0 Å². The highest BCUT2D eigenvalue weighted by Crippen LogP contribution is 2.21. The van der Waals surface area contributed by atoms with Crippen LogP contribution in [0.25, 0.3) is 11.3 Å². The molecule has 1 aromatic carbocycles. The zero-order valence-electron chi connectivity index (χ0n) is 13.1. The van der Waals surface area contributed by atoms with Gasteiger partial charge in [-0.05, 0) is 37.1 Å². The highest BCUT2D eigenvalue weighted by Gasteiger charge is 2.16. The predicted octanol–water partition coefficient (Wildman–Crippen LogP) is 3.18. The Bertz CT molecular complexity index is 673. The fraction of sp³-hybridized carbons (Fsp3) is 0.353. The lowest BCUT2D eigenvalue weighted by atomic mass is 10.1. The van der Waals surface area contributed by atoms with Crippen molar-refractivity contribution in [2.75, 3.05) is 18.9 Å². The van der Waals surface area contributed by atoms with Crippen molar-refractivity contribution < 1.29 is 9.53 Å². The van der Waals surface area contributed by atoms with E-state index in [0.717, 1.165) is 35.7 Å². The number of aromatic nitrogens is 2. The minimum absolute atomic E-state index is 0.0147. The summed E-state index contributed by atoms with van der Waals surface area (Å²) >= 11 is 7.25. The molecule has 1 fully saturated rings. The van der Waals surface area contributed by atoms with E-state index in [1.807, 2.05) is 36.4 Å². The van der Waals surface area contributed by atoms with Crippen LogP contribution >= 0.6 is 23.4 Å². The zero-order valence-corrected chi connectivity index (χ0v) is 14.6. The molecule has 1 saturated heterocycles. The number of rotatable bonds is 6. The molecule has 1 N–H and O–H groups in total. The molecule has 1 aliphatic rings. The number of carbonyl (C=O) groups is 1. The van der Waals surface area contributed by atoms with E-state index >= 15 is 0 Å². The number of halogens is 1. The molecule has 0 saturated carbocycles. The molecule has 1 atom stereocenters. The van der Waals surface area contributed by atoms with Crippen LogP contribution in [0.1, 0.15) is 12.8 Å². The van der Waals surface area contributed by atoms with Gasteiger partial charge in [-0.2, -0.15) is 0 Å². The minimum Gasteiger partial charge on any atom is -0.376 e. The lowest BCUT2D eigenvalue weighted by molar-refractivity contribution is -0.119. The SMILES string of the molecule is O=C(CSc1ccc(-c2ccc(Cl)cc2)nn1)NCC1CCCO1. The second kappa shape index (κ2) is 8.46. The Balaban J connectivity index is 1.47. The van der Waals surface area contributed by atoms with E-state index in [2.05, 4.69) is 15.5 Å². The van der Waals surface area contributed by atoms with Gasteiger partial charge in [-0.1, -0.05) is 35.5 Å². The molecule has 3 rings (SSSR count). The first-order valence-electron chi connectivity index (χ1n) is 7.81. The van der Waals surface area contributed by atoms with E-state index in [0.29, 0.717) is 17.3 Å². The average molecular weight is 364 g/mol. The quantitative estimate of drug-likeness (QED) is 0.798. The van der Waals surface area contributed by atoms with Crippen LogP contribution in [0.4, 0.5) is 0 Å². The predicted molar refractivity (Wildman–Crippen MR) is 95.2 cm³/mol. The number of hydrogen-bond acceptors (Lipinski definition) is 5. The first-order valence-corrected chi connectivity index (χ1v) is 9.18. The summed E-state index contributed by atoms with van der Waals surface area (Å²) in [6.45, 7) is 1.38. The number of hydrogen-bond donors (Lipinski definition) is 1. The molecular formula is C17H18ClN3O2S. The fourth-order valence-corrected chi connectivity index (χ4v) is 3.16. The maximum Gasteiger partial charge on any atom is 0.230 e. The zero-order chi connectivity index (χ0) is 16.8. The molecule has 1 aliphatic heterocycles. The highest BCUT2D eigenvalue weighted by atomic mass is 35.5. The summed E-state index contributed by atoms with van der Waals surface area (Å²) in [5.41, 5.74) is 1.73. The van der Waals surface area contributed by atoms with E-state index in [1.54, 1.807) is 0 Å². The van der Waals surface area contributed by atoms with E-state index < -0.39 is 0 Å². The van der Waals surface area contributed by atoms with Crippen molar-refractivity contribution in [1.29, 1.82) is 0 Å². The lowest BCUT2D eigenvalue weighted by Crippen LogP contribution is -2.32. The maximum absolute atomic E-state index is 11.8. The molecule has 0 bridgehead atoms. The van der Waals surface area contributed by atoms with Gasteiger partial charge in [0, 0.05) is 23.7 Å². The van der Waals surface area contributed by atoms with Crippen molar-refractivity contribution in [3.8, 4) is 11.3 Å². The third kappa shape index (κ3) is 4.93. The van der Waals surface area contributed by atoms with Crippen LogP contribution in [0, 0.1) is 0 Å². The van der Waals surface area contributed by atoms with Crippen molar-refractivity contribution in [3.05, 3.63) is 41.4 Å². The third-order valence-electron chi connectivity index (χ3n) is 3.68. The van der Waals surface area contributed by atoms with Crippen LogP contribution in [-0.4, -0.2) is 41.1 Å². The first-order chi connectivity index (χ1) is 11.7. The summed E-state index contributed by atoms with van der Waals surface area (Å²) in [5, 5.41) is 12.7. The van der Waals surface area contributed by atoms with Gasteiger partial charge in [0.1, 0.15) is 5.03 Å². The van der Waals surface area contributed by atoms with Gasteiger partial charge in [0.15, 0.2) is 0 Å². The number of ether oxygens (including phenoxy) is 1. The van der Waals surface area contributed by atoms with E-state index in [4.69, 9.17) is 16.3 Å². The summed E-state index contributed by atoms with van der Waals surface area (Å²) < 4.78 is 5.48. The monoisotopic (exact) mass is 363 g/mol. The smallest absolute Gasteiger partial charge is 0.230 e. The van der Waals surface area contributed by atoms with Gasteiger partial charge in [-0.15, -0.1) is 10.2 Å². The highest BCUT2D eigenvalue weighted by molar-refractivity contribution is 7.99. The van der Waals surface area contributed by atoms with Gasteiger partial charge in [-0.25, -0.2) is 0 Å². The molecule has 24 heavy (non-hydrogen) atoms. The molecule has 2 heterocycles. The average Bonchev–Trinajstić information content (AvgIpc) is 3.13. The molecule has 0 radical (unpaired) electrons. The van der Waals surface area contributed by atoms with Crippen LogP contribution in [0.3, 0.4) is 0 Å². The topological polar surface area (TPSA) is 64.1 Å². The van der Waals surface area contributed by atoms with Gasteiger partial charge in [-0.3, -0.25) is 4.79 Å². The summed E-state index contributed by atoms with van der Waals surface area (Å²) in [6, 6.07) is 11.2. The largest absolute Gasteiger partial charge is 0.376 e.